The monoisotopic (exact) mass is 429 g/mol. The number of guanidine groups is 1. The summed E-state index contributed by atoms with van der Waals surface area (Å²) in [6, 6.07) is 19.1. The van der Waals surface area contributed by atoms with Gasteiger partial charge in [-0.1, -0.05) is 53.5 Å². The van der Waals surface area contributed by atoms with Crippen molar-refractivity contribution in [3.05, 3.63) is 81.8 Å². The second-order valence-corrected chi connectivity index (χ2v) is 7.85. The van der Waals surface area contributed by atoms with Crippen LogP contribution in [-0.2, 0) is 6.54 Å². The molecule has 0 saturated carbocycles. The summed E-state index contributed by atoms with van der Waals surface area (Å²) in [5.41, 5.74) is 2.97. The molecule has 0 fully saturated rings. The van der Waals surface area contributed by atoms with E-state index in [0.717, 1.165) is 26.7 Å². The van der Waals surface area contributed by atoms with Crippen molar-refractivity contribution in [3.8, 4) is 11.5 Å². The molecule has 0 atom stereocenters. The fourth-order valence-corrected chi connectivity index (χ4v) is 3.97. The van der Waals surface area contributed by atoms with Crippen molar-refractivity contribution >= 4 is 46.8 Å². The summed E-state index contributed by atoms with van der Waals surface area (Å²) in [6.45, 7) is 2.51. The lowest BCUT2D eigenvalue weighted by molar-refractivity contribution is 0.484. The van der Waals surface area contributed by atoms with Gasteiger partial charge in [-0.3, -0.25) is 4.72 Å². The Labute approximate surface area is 178 Å². The summed E-state index contributed by atoms with van der Waals surface area (Å²) in [7, 11) is 0. The van der Waals surface area contributed by atoms with E-state index >= 15 is 0 Å². The van der Waals surface area contributed by atoms with Crippen LogP contribution < -0.4 is 14.8 Å². The van der Waals surface area contributed by atoms with Gasteiger partial charge >= 0.3 is 0 Å². The first kappa shape index (κ1) is 19.0. The fraction of sp³-hybridized carbons (Fsp3) is 0.0952. The van der Waals surface area contributed by atoms with Crippen molar-refractivity contribution < 1.29 is 4.74 Å². The smallest absolute Gasteiger partial charge is 0.206 e. The average molecular weight is 430 g/mol. The third kappa shape index (κ3) is 4.07. The molecule has 4 nitrogen and oxygen atoms in total. The second kappa shape index (κ2) is 8.35. The summed E-state index contributed by atoms with van der Waals surface area (Å²) in [6.07, 6.45) is 0. The molecule has 0 unspecified atom stereocenters. The molecule has 0 radical (unpaired) electrons. The second-order valence-electron chi connectivity index (χ2n) is 6.19. The van der Waals surface area contributed by atoms with Crippen LogP contribution in [0.15, 0.2) is 70.6 Å². The van der Waals surface area contributed by atoms with Crippen LogP contribution in [0.1, 0.15) is 11.1 Å². The number of halogens is 2. The number of ether oxygens (including phenoxy) is 1. The number of aliphatic imine (C=N–C) groups is 1. The van der Waals surface area contributed by atoms with E-state index < -0.39 is 0 Å². The van der Waals surface area contributed by atoms with Gasteiger partial charge in [0.25, 0.3) is 0 Å². The number of nitrogens with zero attached hydrogens (tertiary/aromatic N) is 1. The van der Waals surface area contributed by atoms with E-state index in [0.29, 0.717) is 29.0 Å². The molecule has 2 N–H and O–H groups in total. The largest absolute Gasteiger partial charge is 0.454 e. The first-order valence-electron chi connectivity index (χ1n) is 8.65. The number of fused-ring (bicyclic) bond motifs is 1. The van der Waals surface area contributed by atoms with E-state index in [1.54, 1.807) is 6.07 Å². The van der Waals surface area contributed by atoms with Crippen LogP contribution in [0, 0.1) is 6.92 Å². The van der Waals surface area contributed by atoms with E-state index in [2.05, 4.69) is 15.0 Å². The summed E-state index contributed by atoms with van der Waals surface area (Å²) >= 11 is 14.0. The number of benzene rings is 3. The lowest BCUT2D eigenvalue weighted by atomic mass is 10.1. The average Bonchev–Trinajstić information content (AvgIpc) is 2.70. The zero-order valence-electron chi connectivity index (χ0n) is 15.0. The summed E-state index contributed by atoms with van der Waals surface area (Å²) < 4.78 is 9.26. The van der Waals surface area contributed by atoms with Crippen LogP contribution in [0.2, 0.25) is 10.0 Å². The fourth-order valence-electron chi connectivity index (χ4n) is 2.79. The van der Waals surface area contributed by atoms with Gasteiger partial charge in [0.1, 0.15) is 5.75 Å². The van der Waals surface area contributed by atoms with E-state index in [-0.39, 0.29) is 0 Å². The molecule has 0 amide bonds. The van der Waals surface area contributed by atoms with Crippen LogP contribution in [0.3, 0.4) is 0 Å². The van der Waals surface area contributed by atoms with Gasteiger partial charge in [-0.15, -0.1) is 0 Å². The Morgan fingerprint density at radius 1 is 0.929 bits per heavy atom. The highest BCUT2D eigenvalue weighted by molar-refractivity contribution is 7.98. The molecule has 7 heteroatoms. The third-order valence-electron chi connectivity index (χ3n) is 4.29. The van der Waals surface area contributed by atoms with Gasteiger partial charge in [-0.25, -0.2) is 4.99 Å². The Morgan fingerprint density at radius 2 is 1.68 bits per heavy atom. The molecule has 3 aromatic rings. The molecule has 1 heterocycles. The number of para-hydroxylation sites is 2. The quantitative estimate of drug-likeness (QED) is 0.454. The minimum absolute atomic E-state index is 0.476. The minimum Gasteiger partial charge on any atom is -0.454 e. The van der Waals surface area contributed by atoms with E-state index in [1.807, 2.05) is 61.5 Å². The van der Waals surface area contributed by atoms with Gasteiger partial charge in [0.15, 0.2) is 5.75 Å². The number of hydrogen-bond acceptors (Lipinski definition) is 3. The van der Waals surface area contributed by atoms with Crippen molar-refractivity contribution in [1.82, 2.24) is 4.72 Å². The number of aryl methyl sites for hydroxylation is 1. The van der Waals surface area contributed by atoms with Crippen LogP contribution in [0.25, 0.3) is 0 Å². The van der Waals surface area contributed by atoms with E-state index in [4.69, 9.17) is 27.9 Å². The predicted octanol–water partition coefficient (Wildman–Crippen LogP) is 6.67. The third-order valence-corrected chi connectivity index (χ3v) is 5.82. The summed E-state index contributed by atoms with van der Waals surface area (Å²) in [5, 5.41) is 4.60. The first-order chi connectivity index (χ1) is 13.6. The molecule has 3 aromatic carbocycles. The van der Waals surface area contributed by atoms with Crippen molar-refractivity contribution in [2.24, 2.45) is 4.99 Å². The lowest BCUT2D eigenvalue weighted by Crippen LogP contribution is -2.29. The van der Waals surface area contributed by atoms with Gasteiger partial charge in [0, 0.05) is 5.02 Å². The van der Waals surface area contributed by atoms with Gasteiger partial charge in [0.05, 0.1) is 22.2 Å². The predicted molar refractivity (Wildman–Crippen MR) is 118 cm³/mol. The van der Waals surface area contributed by atoms with E-state index in [1.165, 1.54) is 11.9 Å². The van der Waals surface area contributed by atoms with Gasteiger partial charge in [-0.2, -0.15) is 0 Å². The van der Waals surface area contributed by atoms with Crippen molar-refractivity contribution in [2.75, 3.05) is 5.32 Å². The first-order valence-corrected chi connectivity index (χ1v) is 10.2. The van der Waals surface area contributed by atoms with Crippen molar-refractivity contribution in [3.63, 3.8) is 0 Å². The molecule has 0 aromatic heterocycles. The maximum Gasteiger partial charge on any atom is 0.206 e. The highest BCUT2D eigenvalue weighted by Gasteiger charge is 2.19. The molecular formula is C21H17Cl2N3OS. The lowest BCUT2D eigenvalue weighted by Gasteiger charge is -2.23. The summed E-state index contributed by atoms with van der Waals surface area (Å²) in [5.74, 6) is 1.93. The standard InChI is InChI=1S/C21H17Cl2N3OS/c1-13-6-4-8-15(22)14(13)12-24-21-25-20-18(10-5-11-19(20)28-26-21)27-17-9-3-2-7-16(17)23/h2-11H,12H2,1H3,(H2,24,25,26). The van der Waals surface area contributed by atoms with Crippen LogP contribution in [0.4, 0.5) is 5.69 Å². The molecular weight excluding hydrogens is 413 g/mol. The maximum atomic E-state index is 6.31. The van der Waals surface area contributed by atoms with Crippen LogP contribution >= 0.6 is 35.1 Å². The molecule has 0 saturated heterocycles. The van der Waals surface area contributed by atoms with Crippen LogP contribution in [0.5, 0.6) is 11.5 Å². The highest BCUT2D eigenvalue weighted by atomic mass is 35.5. The molecule has 1 aliphatic heterocycles. The molecule has 28 heavy (non-hydrogen) atoms. The Hall–Kier alpha value is -2.34. The zero-order chi connectivity index (χ0) is 19.5. The minimum atomic E-state index is 0.476. The maximum absolute atomic E-state index is 6.31. The van der Waals surface area contributed by atoms with Crippen molar-refractivity contribution in [2.45, 2.75) is 18.4 Å². The Kier molecular flexibility index (Phi) is 5.67. The van der Waals surface area contributed by atoms with E-state index in [9.17, 15) is 0 Å². The SMILES string of the molecule is Cc1cccc(Cl)c1CN=C1NSc2cccc(Oc3ccccc3Cl)c2N1. The Morgan fingerprint density at radius 3 is 2.50 bits per heavy atom. The Balaban J connectivity index is 1.58. The normalized spacial score (nSPS) is 14.2. The summed E-state index contributed by atoms with van der Waals surface area (Å²) in [4.78, 5) is 5.66. The van der Waals surface area contributed by atoms with Gasteiger partial charge < -0.3 is 10.1 Å². The number of hydrogen-bond donors (Lipinski definition) is 2. The molecule has 4 rings (SSSR count). The van der Waals surface area contributed by atoms with Gasteiger partial charge in [-0.05, 0) is 60.3 Å². The molecule has 142 valence electrons. The topological polar surface area (TPSA) is 45.7 Å². The highest BCUT2D eigenvalue weighted by Crippen LogP contribution is 2.40. The van der Waals surface area contributed by atoms with Crippen LogP contribution in [-0.4, -0.2) is 5.96 Å². The Bertz CT molecular complexity index is 1040. The molecule has 0 spiro atoms. The van der Waals surface area contributed by atoms with Crippen molar-refractivity contribution in [1.29, 1.82) is 0 Å². The number of anilines is 1. The number of rotatable bonds is 4. The molecule has 0 bridgehead atoms. The molecule has 1 aliphatic rings. The van der Waals surface area contributed by atoms with Gasteiger partial charge in [0.2, 0.25) is 5.96 Å². The molecule has 0 aliphatic carbocycles. The number of nitrogens with one attached hydrogen (secondary N) is 2. The zero-order valence-corrected chi connectivity index (χ0v) is 17.3.